The molecule has 1 aliphatic rings. The minimum Gasteiger partial charge on any atom is -0.340 e. The van der Waals surface area contributed by atoms with Gasteiger partial charge >= 0.3 is 0 Å². The number of carbonyl (C=O) groups excluding carboxylic acids is 1. The van der Waals surface area contributed by atoms with E-state index in [4.69, 9.17) is 0 Å². The summed E-state index contributed by atoms with van der Waals surface area (Å²) in [6.45, 7) is 6.15. The number of carbonyl (C=O) groups is 1. The van der Waals surface area contributed by atoms with Crippen molar-refractivity contribution < 1.29 is 4.79 Å². The van der Waals surface area contributed by atoms with E-state index in [0.29, 0.717) is 5.92 Å². The van der Waals surface area contributed by atoms with E-state index in [1.54, 1.807) is 6.92 Å². The molecule has 0 aliphatic heterocycles. The van der Waals surface area contributed by atoms with Gasteiger partial charge in [-0.15, -0.1) is 0 Å². The molecule has 0 radical (unpaired) electrons. The van der Waals surface area contributed by atoms with Crippen LogP contribution >= 0.6 is 0 Å². The molecule has 0 aromatic heterocycles. The fourth-order valence-corrected chi connectivity index (χ4v) is 3.90. The van der Waals surface area contributed by atoms with Gasteiger partial charge in [0.05, 0.1) is 0 Å². The van der Waals surface area contributed by atoms with Crippen LogP contribution < -0.4 is 0 Å². The monoisotopic (exact) mass is 307 g/mol. The molecule has 0 atom stereocenters. The SMILES string of the molecule is CC(=O)N(C)C1(C)Cc2ccccc2C(C)c2ccccc2C1. The zero-order chi connectivity index (χ0) is 16.6. The van der Waals surface area contributed by atoms with Gasteiger partial charge in [0.2, 0.25) is 5.91 Å². The molecule has 2 aromatic carbocycles. The normalized spacial score (nSPS) is 23.2. The molecule has 23 heavy (non-hydrogen) atoms. The lowest BCUT2D eigenvalue weighted by Gasteiger charge is -2.42. The standard InChI is InChI=1S/C21H25NO/c1-15-19-11-7-5-9-17(19)13-21(3,22(4)16(2)23)14-18-10-6-8-12-20(15)18/h5-12,15H,13-14H2,1-4H3. The first-order valence-electron chi connectivity index (χ1n) is 8.32. The van der Waals surface area contributed by atoms with Gasteiger partial charge in [0.1, 0.15) is 0 Å². The third-order valence-electron chi connectivity index (χ3n) is 5.47. The second kappa shape index (κ2) is 5.84. The van der Waals surface area contributed by atoms with Gasteiger partial charge in [0.15, 0.2) is 0 Å². The van der Waals surface area contributed by atoms with Crippen molar-refractivity contribution in [3.8, 4) is 0 Å². The van der Waals surface area contributed by atoms with Crippen molar-refractivity contribution in [2.45, 2.75) is 45.1 Å². The Labute approximate surface area is 139 Å². The Morgan fingerprint density at radius 3 is 1.87 bits per heavy atom. The Kier molecular flexibility index (Phi) is 4.01. The minimum absolute atomic E-state index is 0.121. The van der Waals surface area contributed by atoms with Crippen LogP contribution in [0.1, 0.15) is 48.9 Å². The first-order valence-corrected chi connectivity index (χ1v) is 8.32. The lowest BCUT2D eigenvalue weighted by Crippen LogP contribution is -2.50. The van der Waals surface area contributed by atoms with E-state index in [-0.39, 0.29) is 11.4 Å². The molecular formula is C21H25NO. The van der Waals surface area contributed by atoms with Crippen molar-refractivity contribution in [2.75, 3.05) is 7.05 Å². The van der Waals surface area contributed by atoms with Crippen molar-refractivity contribution in [2.24, 2.45) is 0 Å². The number of amides is 1. The van der Waals surface area contributed by atoms with Gasteiger partial charge < -0.3 is 4.90 Å². The van der Waals surface area contributed by atoms with Crippen LogP contribution in [0.25, 0.3) is 0 Å². The van der Waals surface area contributed by atoms with Gasteiger partial charge in [0.25, 0.3) is 0 Å². The number of fused-ring (bicyclic) bond motifs is 2. The van der Waals surface area contributed by atoms with Gasteiger partial charge in [-0.1, -0.05) is 55.5 Å². The van der Waals surface area contributed by atoms with E-state index in [1.165, 1.54) is 22.3 Å². The summed E-state index contributed by atoms with van der Waals surface area (Å²) in [5.74, 6) is 0.505. The molecule has 2 heteroatoms. The predicted octanol–water partition coefficient (Wildman–Crippen LogP) is 4.17. The first kappa shape index (κ1) is 15.8. The highest BCUT2D eigenvalue weighted by molar-refractivity contribution is 5.74. The molecule has 0 saturated carbocycles. The van der Waals surface area contributed by atoms with Crippen molar-refractivity contribution in [3.05, 3.63) is 70.8 Å². The number of hydrogen-bond acceptors (Lipinski definition) is 1. The van der Waals surface area contributed by atoms with Crippen LogP contribution in [0.2, 0.25) is 0 Å². The smallest absolute Gasteiger partial charge is 0.219 e. The summed E-state index contributed by atoms with van der Waals surface area (Å²) in [5, 5.41) is 0. The van der Waals surface area contributed by atoms with Crippen molar-refractivity contribution in [3.63, 3.8) is 0 Å². The van der Waals surface area contributed by atoms with E-state index >= 15 is 0 Å². The molecule has 2 aromatic rings. The Morgan fingerprint density at radius 1 is 1.00 bits per heavy atom. The van der Waals surface area contributed by atoms with E-state index in [2.05, 4.69) is 62.4 Å². The lowest BCUT2D eigenvalue weighted by molar-refractivity contribution is -0.132. The van der Waals surface area contributed by atoms with Gasteiger partial charge in [-0.25, -0.2) is 0 Å². The van der Waals surface area contributed by atoms with Crippen LogP contribution in [0.5, 0.6) is 0 Å². The maximum Gasteiger partial charge on any atom is 0.219 e. The molecule has 0 saturated heterocycles. The molecule has 0 heterocycles. The van der Waals surface area contributed by atoms with Crippen molar-refractivity contribution in [1.29, 1.82) is 0 Å². The summed E-state index contributed by atoms with van der Waals surface area (Å²) in [4.78, 5) is 14.0. The molecule has 0 fully saturated rings. The zero-order valence-corrected chi connectivity index (χ0v) is 14.5. The average molecular weight is 307 g/mol. The number of nitrogens with zero attached hydrogens (tertiary/aromatic N) is 1. The fourth-order valence-electron chi connectivity index (χ4n) is 3.90. The number of likely N-dealkylation sites (N-methyl/N-ethyl adjacent to an activating group) is 1. The molecular weight excluding hydrogens is 282 g/mol. The van der Waals surface area contributed by atoms with Crippen molar-refractivity contribution in [1.82, 2.24) is 4.90 Å². The Hall–Kier alpha value is -2.09. The lowest BCUT2D eigenvalue weighted by atomic mass is 9.75. The summed E-state index contributed by atoms with van der Waals surface area (Å²) in [5.41, 5.74) is 5.25. The molecule has 1 aliphatic carbocycles. The average Bonchev–Trinajstić information content (AvgIpc) is 2.53. The molecule has 0 unspecified atom stereocenters. The molecule has 2 nitrogen and oxygen atoms in total. The van der Waals surface area contributed by atoms with E-state index in [0.717, 1.165) is 12.8 Å². The van der Waals surface area contributed by atoms with Crippen LogP contribution in [0, 0.1) is 0 Å². The molecule has 0 bridgehead atoms. The highest BCUT2D eigenvalue weighted by atomic mass is 16.2. The van der Waals surface area contributed by atoms with Crippen LogP contribution in [-0.2, 0) is 17.6 Å². The van der Waals surface area contributed by atoms with Gasteiger partial charge in [-0.05, 0) is 42.0 Å². The number of hydrogen-bond donors (Lipinski definition) is 0. The quantitative estimate of drug-likeness (QED) is 0.774. The molecule has 3 rings (SSSR count). The van der Waals surface area contributed by atoms with Crippen molar-refractivity contribution >= 4 is 5.91 Å². The van der Waals surface area contributed by atoms with Gasteiger partial charge in [-0.3, -0.25) is 4.79 Å². The zero-order valence-electron chi connectivity index (χ0n) is 14.5. The third kappa shape index (κ3) is 2.78. The second-order valence-corrected chi connectivity index (χ2v) is 7.05. The van der Waals surface area contributed by atoms with E-state index in [1.807, 2.05) is 11.9 Å². The maximum absolute atomic E-state index is 12.1. The summed E-state index contributed by atoms with van der Waals surface area (Å²) < 4.78 is 0. The molecule has 0 spiro atoms. The predicted molar refractivity (Wildman–Crippen MR) is 94.7 cm³/mol. The van der Waals surface area contributed by atoms with Crippen LogP contribution in [0.15, 0.2) is 48.5 Å². The van der Waals surface area contributed by atoms with Gasteiger partial charge in [-0.2, -0.15) is 0 Å². The van der Waals surface area contributed by atoms with Gasteiger partial charge in [0, 0.05) is 25.4 Å². The maximum atomic E-state index is 12.1. The summed E-state index contributed by atoms with van der Waals surface area (Å²) in [6, 6.07) is 17.3. The van der Waals surface area contributed by atoms with E-state index in [9.17, 15) is 4.79 Å². The summed E-state index contributed by atoms with van der Waals surface area (Å²) in [7, 11) is 1.93. The first-order chi connectivity index (χ1) is 10.9. The molecule has 1 amide bonds. The summed E-state index contributed by atoms with van der Waals surface area (Å²) in [6.07, 6.45) is 1.77. The highest BCUT2D eigenvalue weighted by Gasteiger charge is 2.35. The third-order valence-corrected chi connectivity index (χ3v) is 5.47. The second-order valence-electron chi connectivity index (χ2n) is 7.05. The summed E-state index contributed by atoms with van der Waals surface area (Å²) >= 11 is 0. The topological polar surface area (TPSA) is 20.3 Å². The Morgan fingerprint density at radius 2 is 1.43 bits per heavy atom. The fraction of sp³-hybridized carbons (Fsp3) is 0.381. The number of benzene rings is 2. The molecule has 120 valence electrons. The Balaban J connectivity index is 2.19. The minimum atomic E-state index is -0.210. The molecule has 0 N–H and O–H groups in total. The van der Waals surface area contributed by atoms with Crippen LogP contribution in [0.3, 0.4) is 0 Å². The largest absolute Gasteiger partial charge is 0.340 e. The Bertz CT molecular complexity index is 685. The van der Waals surface area contributed by atoms with E-state index < -0.39 is 0 Å². The highest BCUT2D eigenvalue weighted by Crippen LogP contribution is 2.37. The van der Waals surface area contributed by atoms with Crippen LogP contribution in [-0.4, -0.2) is 23.4 Å². The number of rotatable bonds is 1. The van der Waals surface area contributed by atoms with Crippen LogP contribution in [0.4, 0.5) is 0 Å².